The zero-order valence-corrected chi connectivity index (χ0v) is 17.5. The molecule has 1 aromatic carbocycles. The highest BCUT2D eigenvalue weighted by atomic mass is 32.1. The van der Waals surface area contributed by atoms with Gasteiger partial charge in [-0.15, -0.1) is 11.3 Å². The molecule has 1 aromatic heterocycles. The summed E-state index contributed by atoms with van der Waals surface area (Å²) in [6.45, 7) is 4.07. The Bertz CT molecular complexity index is 999. The first-order valence-corrected chi connectivity index (χ1v) is 10.5. The van der Waals surface area contributed by atoms with Crippen molar-refractivity contribution in [3.05, 3.63) is 45.8 Å². The molecule has 0 bridgehead atoms. The molecule has 2 amide bonds. The fourth-order valence-corrected chi connectivity index (χ4v) is 4.62. The van der Waals surface area contributed by atoms with Crippen molar-refractivity contribution >= 4 is 40.3 Å². The molecule has 0 saturated heterocycles. The van der Waals surface area contributed by atoms with Gasteiger partial charge < -0.3 is 15.2 Å². The van der Waals surface area contributed by atoms with Gasteiger partial charge in [-0.2, -0.15) is 5.10 Å². The molecule has 8 nitrogen and oxygen atoms in total. The molecule has 1 aliphatic rings. The van der Waals surface area contributed by atoms with Gasteiger partial charge in [-0.3, -0.25) is 9.59 Å². The molecule has 158 valence electrons. The molecule has 0 aliphatic heterocycles. The maximum Gasteiger partial charge on any atom is 0.341 e. The third-order valence-corrected chi connectivity index (χ3v) is 5.90. The largest absolute Gasteiger partial charge is 0.507 e. The molecular formula is C21H23N3O5S. The Balaban J connectivity index is 1.73. The molecule has 3 N–H and O–H groups in total. The van der Waals surface area contributed by atoms with Crippen LogP contribution in [0.5, 0.6) is 5.75 Å². The zero-order valence-electron chi connectivity index (χ0n) is 16.7. The minimum Gasteiger partial charge on any atom is -0.507 e. The molecule has 1 unspecified atom stereocenters. The molecule has 0 fully saturated rings. The van der Waals surface area contributed by atoms with Gasteiger partial charge in [-0.25, -0.2) is 10.2 Å². The number of hydrogen-bond acceptors (Lipinski definition) is 7. The molecule has 0 radical (unpaired) electrons. The first kappa shape index (κ1) is 21.5. The second-order valence-corrected chi connectivity index (χ2v) is 8.09. The zero-order chi connectivity index (χ0) is 21.7. The number of esters is 1. The predicted octanol–water partition coefficient (Wildman–Crippen LogP) is 2.84. The molecule has 0 saturated carbocycles. The van der Waals surface area contributed by atoms with E-state index in [9.17, 15) is 19.5 Å². The molecule has 1 heterocycles. The lowest BCUT2D eigenvalue weighted by Crippen LogP contribution is -2.32. The van der Waals surface area contributed by atoms with E-state index in [1.54, 1.807) is 25.1 Å². The van der Waals surface area contributed by atoms with Crippen molar-refractivity contribution in [3.8, 4) is 5.75 Å². The highest BCUT2D eigenvalue weighted by Crippen LogP contribution is 2.40. The number of phenols is 1. The van der Waals surface area contributed by atoms with E-state index in [-0.39, 0.29) is 12.4 Å². The normalized spacial score (nSPS) is 15.5. The van der Waals surface area contributed by atoms with Gasteiger partial charge >= 0.3 is 17.8 Å². The van der Waals surface area contributed by atoms with Gasteiger partial charge in [0.15, 0.2) is 0 Å². The number of phenolic OH excluding ortho intramolecular Hbond substituents is 1. The van der Waals surface area contributed by atoms with E-state index in [1.807, 2.05) is 0 Å². The van der Waals surface area contributed by atoms with E-state index in [4.69, 9.17) is 4.74 Å². The Labute approximate surface area is 177 Å². The topological polar surface area (TPSA) is 117 Å². The minimum absolute atomic E-state index is 0.00239. The smallest absolute Gasteiger partial charge is 0.341 e. The van der Waals surface area contributed by atoms with Crippen molar-refractivity contribution in [1.29, 1.82) is 0 Å². The highest BCUT2D eigenvalue weighted by molar-refractivity contribution is 7.17. The Morgan fingerprint density at radius 1 is 1.30 bits per heavy atom. The van der Waals surface area contributed by atoms with Gasteiger partial charge in [0.2, 0.25) is 0 Å². The van der Waals surface area contributed by atoms with Crippen LogP contribution in [-0.4, -0.2) is 35.7 Å². The summed E-state index contributed by atoms with van der Waals surface area (Å²) < 4.78 is 5.16. The average Bonchev–Trinajstić information content (AvgIpc) is 3.06. The third kappa shape index (κ3) is 4.85. The number of rotatable bonds is 5. The Hall–Kier alpha value is -3.20. The number of hydrazone groups is 1. The van der Waals surface area contributed by atoms with Gasteiger partial charge in [-0.1, -0.05) is 19.1 Å². The number of fused-ring (bicyclic) bond motifs is 1. The van der Waals surface area contributed by atoms with Crippen molar-refractivity contribution < 1.29 is 24.2 Å². The minimum atomic E-state index is -0.990. The van der Waals surface area contributed by atoms with Crippen LogP contribution in [0.4, 0.5) is 5.00 Å². The van der Waals surface area contributed by atoms with Gasteiger partial charge in [0.25, 0.3) is 0 Å². The fourth-order valence-electron chi connectivity index (χ4n) is 3.23. The quantitative estimate of drug-likeness (QED) is 0.292. The summed E-state index contributed by atoms with van der Waals surface area (Å²) in [6, 6.07) is 6.44. The van der Waals surface area contributed by atoms with Crippen LogP contribution in [0, 0.1) is 5.92 Å². The number of nitrogens with one attached hydrogen (secondary N) is 2. The molecule has 0 spiro atoms. The summed E-state index contributed by atoms with van der Waals surface area (Å²) in [5.41, 5.74) is 3.74. The van der Waals surface area contributed by atoms with Crippen LogP contribution in [0.25, 0.3) is 0 Å². The molecule has 1 aliphatic carbocycles. The Morgan fingerprint density at radius 2 is 2.07 bits per heavy atom. The summed E-state index contributed by atoms with van der Waals surface area (Å²) in [5, 5.41) is 16.2. The number of nitrogens with zero attached hydrogens (tertiary/aromatic N) is 1. The fraction of sp³-hybridized carbons (Fsp3) is 0.333. The lowest BCUT2D eigenvalue weighted by molar-refractivity contribution is -0.136. The van der Waals surface area contributed by atoms with Gasteiger partial charge in [0, 0.05) is 10.4 Å². The van der Waals surface area contributed by atoms with Crippen LogP contribution in [0.1, 0.15) is 46.6 Å². The SMILES string of the molecule is CCOC(=O)c1c(NC(=O)C(=O)N/N=C/c2ccccc2O)sc2c1CCC(C)C2. The van der Waals surface area contributed by atoms with Crippen molar-refractivity contribution in [2.75, 3.05) is 11.9 Å². The summed E-state index contributed by atoms with van der Waals surface area (Å²) in [6.07, 6.45) is 3.73. The van der Waals surface area contributed by atoms with E-state index < -0.39 is 17.8 Å². The van der Waals surface area contributed by atoms with Crippen molar-refractivity contribution in [1.82, 2.24) is 5.43 Å². The van der Waals surface area contributed by atoms with E-state index in [0.29, 0.717) is 22.0 Å². The number of benzene rings is 1. The number of para-hydroxylation sites is 1. The summed E-state index contributed by atoms with van der Waals surface area (Å²) in [5.74, 6) is -1.95. The summed E-state index contributed by atoms with van der Waals surface area (Å²) >= 11 is 1.30. The van der Waals surface area contributed by atoms with Crippen LogP contribution >= 0.6 is 11.3 Å². The van der Waals surface area contributed by atoms with E-state index in [0.717, 1.165) is 29.7 Å². The van der Waals surface area contributed by atoms with Crippen LogP contribution < -0.4 is 10.7 Å². The predicted molar refractivity (Wildman–Crippen MR) is 114 cm³/mol. The number of ether oxygens (including phenoxy) is 1. The molecule has 3 rings (SSSR count). The molecule has 30 heavy (non-hydrogen) atoms. The number of carbonyl (C=O) groups is 3. The van der Waals surface area contributed by atoms with E-state index in [1.165, 1.54) is 23.6 Å². The molecule has 2 aromatic rings. The Morgan fingerprint density at radius 3 is 2.80 bits per heavy atom. The summed E-state index contributed by atoms with van der Waals surface area (Å²) in [4.78, 5) is 38.0. The standard InChI is InChI=1S/C21H23N3O5S/c1-3-29-21(28)17-14-9-8-12(2)10-16(14)30-20(17)23-18(26)19(27)24-22-11-13-6-4-5-7-15(13)25/h4-7,11-12,25H,3,8-10H2,1-2H3,(H,23,26)(H,24,27)/b22-11+. The monoisotopic (exact) mass is 429 g/mol. The Kier molecular flexibility index (Phi) is 6.83. The second kappa shape index (κ2) is 9.53. The summed E-state index contributed by atoms with van der Waals surface area (Å²) in [7, 11) is 0. The lowest BCUT2D eigenvalue weighted by Gasteiger charge is -2.18. The van der Waals surface area contributed by atoms with Crippen molar-refractivity contribution in [2.24, 2.45) is 11.0 Å². The number of aromatic hydroxyl groups is 1. The molecule has 1 atom stereocenters. The van der Waals surface area contributed by atoms with Crippen LogP contribution in [-0.2, 0) is 27.2 Å². The maximum atomic E-state index is 12.5. The van der Waals surface area contributed by atoms with Crippen LogP contribution in [0.2, 0.25) is 0 Å². The first-order chi connectivity index (χ1) is 14.4. The number of hydrogen-bond donors (Lipinski definition) is 3. The maximum absolute atomic E-state index is 12.5. The number of carbonyl (C=O) groups excluding carboxylic acids is 3. The average molecular weight is 429 g/mol. The first-order valence-electron chi connectivity index (χ1n) is 9.64. The second-order valence-electron chi connectivity index (χ2n) is 6.99. The molecular weight excluding hydrogens is 406 g/mol. The highest BCUT2D eigenvalue weighted by Gasteiger charge is 2.30. The number of anilines is 1. The van der Waals surface area contributed by atoms with Crippen LogP contribution in [0.15, 0.2) is 29.4 Å². The number of thiophene rings is 1. The molecule has 9 heteroatoms. The van der Waals surface area contributed by atoms with Crippen molar-refractivity contribution in [2.45, 2.75) is 33.1 Å². The number of amides is 2. The van der Waals surface area contributed by atoms with Gasteiger partial charge in [0.05, 0.1) is 18.4 Å². The van der Waals surface area contributed by atoms with E-state index in [2.05, 4.69) is 22.8 Å². The lowest BCUT2D eigenvalue weighted by atomic mass is 9.88. The van der Waals surface area contributed by atoms with Gasteiger partial charge in [-0.05, 0) is 49.8 Å². The van der Waals surface area contributed by atoms with E-state index >= 15 is 0 Å². The van der Waals surface area contributed by atoms with Crippen molar-refractivity contribution in [3.63, 3.8) is 0 Å². The van der Waals surface area contributed by atoms with Crippen LogP contribution in [0.3, 0.4) is 0 Å². The third-order valence-electron chi connectivity index (χ3n) is 4.73. The van der Waals surface area contributed by atoms with Gasteiger partial charge in [0.1, 0.15) is 10.8 Å².